The van der Waals surface area contributed by atoms with Crippen LogP contribution in [0.15, 0.2) is 49.5 Å². The van der Waals surface area contributed by atoms with E-state index in [1.54, 1.807) is 30.3 Å². The molecule has 1 aromatic heterocycles. The zero-order valence-corrected chi connectivity index (χ0v) is 16.6. The van der Waals surface area contributed by atoms with Crippen LogP contribution in [-0.2, 0) is 9.59 Å². The van der Waals surface area contributed by atoms with Gasteiger partial charge in [-0.15, -0.1) is 0 Å². The number of hydrogen-bond acceptors (Lipinski definition) is 5. The van der Waals surface area contributed by atoms with Gasteiger partial charge in [-0.1, -0.05) is 0 Å². The SMILES string of the molecule is CCOc1ccc(N2C(=O)NC(=O)/C(=C\c3cc(Br)c(Br)o3)C2=O)cc1. The summed E-state index contributed by atoms with van der Waals surface area (Å²) in [5, 5.41) is 2.15. The first-order valence-electron chi connectivity index (χ1n) is 7.50. The Morgan fingerprint density at radius 2 is 1.88 bits per heavy atom. The van der Waals surface area contributed by atoms with Crippen LogP contribution >= 0.6 is 31.9 Å². The molecular formula is C17H12Br2N2O5. The lowest BCUT2D eigenvalue weighted by atomic mass is 10.1. The number of halogens is 2. The lowest BCUT2D eigenvalue weighted by Crippen LogP contribution is -2.54. The van der Waals surface area contributed by atoms with E-state index in [1.165, 1.54) is 6.08 Å². The summed E-state index contributed by atoms with van der Waals surface area (Å²) >= 11 is 6.44. The lowest BCUT2D eigenvalue weighted by molar-refractivity contribution is -0.122. The fraction of sp³-hybridized carbons (Fsp3) is 0.118. The second-order valence-electron chi connectivity index (χ2n) is 5.16. The van der Waals surface area contributed by atoms with E-state index in [4.69, 9.17) is 9.15 Å². The molecule has 1 aliphatic heterocycles. The highest BCUT2D eigenvalue weighted by Crippen LogP contribution is 2.29. The Bertz CT molecular complexity index is 898. The van der Waals surface area contributed by atoms with E-state index in [-0.39, 0.29) is 11.3 Å². The zero-order chi connectivity index (χ0) is 18.8. The number of rotatable bonds is 4. The minimum absolute atomic E-state index is 0.216. The number of hydrogen-bond donors (Lipinski definition) is 1. The van der Waals surface area contributed by atoms with Gasteiger partial charge in [0.25, 0.3) is 11.8 Å². The van der Waals surface area contributed by atoms with Crippen LogP contribution in [0.25, 0.3) is 6.08 Å². The van der Waals surface area contributed by atoms with Crippen molar-refractivity contribution >= 4 is 61.5 Å². The molecule has 4 amide bonds. The topological polar surface area (TPSA) is 88.8 Å². The maximum absolute atomic E-state index is 12.7. The van der Waals surface area contributed by atoms with Crippen LogP contribution in [-0.4, -0.2) is 24.5 Å². The second kappa shape index (κ2) is 7.46. The number of benzene rings is 1. The first-order valence-corrected chi connectivity index (χ1v) is 9.08. The molecule has 1 N–H and O–H groups in total. The van der Waals surface area contributed by atoms with Crippen molar-refractivity contribution in [2.45, 2.75) is 6.92 Å². The molecule has 1 saturated heterocycles. The van der Waals surface area contributed by atoms with E-state index >= 15 is 0 Å². The minimum Gasteiger partial charge on any atom is -0.494 e. The number of carbonyl (C=O) groups is 3. The third kappa shape index (κ3) is 3.58. The quantitative estimate of drug-likeness (QED) is 0.526. The highest BCUT2D eigenvalue weighted by atomic mass is 79.9. The molecule has 3 rings (SSSR count). The van der Waals surface area contributed by atoms with Crippen LogP contribution in [0, 0.1) is 0 Å². The first-order chi connectivity index (χ1) is 12.4. The van der Waals surface area contributed by atoms with E-state index in [1.807, 2.05) is 6.92 Å². The molecule has 0 spiro atoms. The summed E-state index contributed by atoms with van der Waals surface area (Å²) in [7, 11) is 0. The Morgan fingerprint density at radius 1 is 1.19 bits per heavy atom. The number of furan rings is 1. The molecule has 0 atom stereocenters. The number of amides is 4. The van der Waals surface area contributed by atoms with Crippen LogP contribution in [0.2, 0.25) is 0 Å². The van der Waals surface area contributed by atoms with Gasteiger partial charge < -0.3 is 9.15 Å². The van der Waals surface area contributed by atoms with Gasteiger partial charge in [-0.3, -0.25) is 14.9 Å². The van der Waals surface area contributed by atoms with Crippen molar-refractivity contribution in [3.63, 3.8) is 0 Å². The molecule has 134 valence electrons. The highest BCUT2D eigenvalue weighted by Gasteiger charge is 2.37. The minimum atomic E-state index is -0.817. The molecule has 1 aromatic carbocycles. The predicted octanol–water partition coefficient (Wildman–Crippen LogP) is 3.87. The molecule has 1 aliphatic rings. The number of ether oxygens (including phenoxy) is 1. The van der Waals surface area contributed by atoms with Crippen molar-refractivity contribution < 1.29 is 23.5 Å². The number of barbiturate groups is 1. The third-order valence-electron chi connectivity index (χ3n) is 3.46. The Balaban J connectivity index is 1.95. The highest BCUT2D eigenvalue weighted by molar-refractivity contribution is 9.13. The van der Waals surface area contributed by atoms with Gasteiger partial charge in [0.2, 0.25) is 0 Å². The van der Waals surface area contributed by atoms with Gasteiger partial charge in [-0.05, 0) is 75.2 Å². The molecule has 9 heteroatoms. The van der Waals surface area contributed by atoms with Gasteiger partial charge in [0.05, 0.1) is 16.8 Å². The fourth-order valence-corrected chi connectivity index (χ4v) is 2.93. The van der Waals surface area contributed by atoms with Gasteiger partial charge >= 0.3 is 6.03 Å². The molecule has 2 heterocycles. The molecule has 1 fully saturated rings. The summed E-state index contributed by atoms with van der Waals surface area (Å²) in [6, 6.07) is 7.18. The van der Waals surface area contributed by atoms with Crippen LogP contribution in [0.1, 0.15) is 12.7 Å². The predicted molar refractivity (Wildman–Crippen MR) is 101 cm³/mol. The Kier molecular flexibility index (Phi) is 5.28. The van der Waals surface area contributed by atoms with Gasteiger partial charge in [0.15, 0.2) is 4.67 Å². The van der Waals surface area contributed by atoms with E-state index in [9.17, 15) is 14.4 Å². The maximum Gasteiger partial charge on any atom is 0.335 e. The van der Waals surface area contributed by atoms with Gasteiger partial charge in [-0.25, -0.2) is 9.69 Å². The van der Waals surface area contributed by atoms with E-state index in [2.05, 4.69) is 37.2 Å². The average Bonchev–Trinajstić information content (AvgIpc) is 2.91. The number of carbonyl (C=O) groups excluding carboxylic acids is 3. The molecule has 0 aliphatic carbocycles. The standard InChI is InChI=1S/C17H12Br2N2O5/c1-2-25-10-5-3-9(4-6-10)21-16(23)12(15(22)20-17(21)24)7-11-8-13(18)14(19)26-11/h3-8H,2H2,1H3,(H,20,22,24)/b12-7+. The van der Waals surface area contributed by atoms with Gasteiger partial charge in [-0.2, -0.15) is 0 Å². The summed E-state index contributed by atoms with van der Waals surface area (Å²) in [5.74, 6) is -0.640. The summed E-state index contributed by atoms with van der Waals surface area (Å²) in [6.45, 7) is 2.35. The van der Waals surface area contributed by atoms with Crippen LogP contribution in [0.5, 0.6) is 5.75 Å². The molecule has 26 heavy (non-hydrogen) atoms. The van der Waals surface area contributed by atoms with E-state index in [0.29, 0.717) is 27.2 Å². The number of nitrogens with zero attached hydrogens (tertiary/aromatic N) is 1. The molecule has 0 bridgehead atoms. The van der Waals surface area contributed by atoms with E-state index in [0.717, 1.165) is 4.90 Å². The largest absolute Gasteiger partial charge is 0.494 e. The van der Waals surface area contributed by atoms with Crippen molar-refractivity contribution in [1.82, 2.24) is 5.32 Å². The number of anilines is 1. The molecule has 0 saturated carbocycles. The van der Waals surface area contributed by atoms with Crippen molar-refractivity contribution in [3.8, 4) is 5.75 Å². The monoisotopic (exact) mass is 482 g/mol. The molecule has 2 aromatic rings. The van der Waals surface area contributed by atoms with Crippen LogP contribution in [0.3, 0.4) is 0 Å². The van der Waals surface area contributed by atoms with E-state index < -0.39 is 17.8 Å². The number of urea groups is 1. The first kappa shape index (κ1) is 18.4. The smallest absolute Gasteiger partial charge is 0.335 e. The van der Waals surface area contributed by atoms with Gasteiger partial charge in [0.1, 0.15) is 17.1 Å². The molecule has 0 unspecified atom stereocenters. The maximum atomic E-state index is 12.7. The zero-order valence-electron chi connectivity index (χ0n) is 13.4. The van der Waals surface area contributed by atoms with Crippen molar-refractivity contribution in [3.05, 3.63) is 50.8 Å². The number of nitrogens with one attached hydrogen (secondary N) is 1. The molecular weight excluding hydrogens is 472 g/mol. The Morgan fingerprint density at radius 3 is 2.46 bits per heavy atom. The summed E-state index contributed by atoms with van der Waals surface area (Å²) in [4.78, 5) is 37.9. The summed E-state index contributed by atoms with van der Waals surface area (Å²) < 4.78 is 11.8. The summed E-state index contributed by atoms with van der Waals surface area (Å²) in [5.41, 5.74) is 0.100. The Hall–Kier alpha value is -2.39. The summed E-state index contributed by atoms with van der Waals surface area (Å²) in [6.07, 6.45) is 1.28. The van der Waals surface area contributed by atoms with Crippen LogP contribution in [0.4, 0.5) is 10.5 Å². The van der Waals surface area contributed by atoms with Crippen molar-refractivity contribution in [2.24, 2.45) is 0 Å². The van der Waals surface area contributed by atoms with Gasteiger partial charge in [0, 0.05) is 0 Å². The fourth-order valence-electron chi connectivity index (χ4n) is 2.33. The normalized spacial score (nSPS) is 16.2. The molecule has 0 radical (unpaired) electrons. The van der Waals surface area contributed by atoms with Crippen molar-refractivity contribution in [1.29, 1.82) is 0 Å². The third-order valence-corrected chi connectivity index (χ3v) is 5.17. The average molecular weight is 484 g/mol. The van der Waals surface area contributed by atoms with Crippen LogP contribution < -0.4 is 15.0 Å². The Labute approximate surface area is 165 Å². The van der Waals surface area contributed by atoms with Crippen molar-refractivity contribution in [2.75, 3.05) is 11.5 Å². The second-order valence-corrected chi connectivity index (χ2v) is 6.73. The number of imide groups is 2. The lowest BCUT2D eigenvalue weighted by Gasteiger charge is -2.26. The molecule has 7 nitrogen and oxygen atoms in total.